The molecule has 0 bridgehead atoms. The number of ketones is 2. The van der Waals surface area contributed by atoms with E-state index < -0.39 is 0 Å². The quantitative estimate of drug-likeness (QED) is 0.806. The number of hydrogen-bond acceptors (Lipinski definition) is 2. The third kappa shape index (κ3) is 1.88. The molecule has 0 spiro atoms. The number of rotatable bonds is 1. The lowest BCUT2D eigenvalue weighted by Crippen LogP contribution is -2.19. The van der Waals surface area contributed by atoms with Gasteiger partial charge in [-0.1, -0.05) is 35.9 Å². The molecule has 4 heteroatoms. The highest BCUT2D eigenvalue weighted by Gasteiger charge is 2.33. The maximum Gasteiger partial charge on any atom is 0.205 e. The third-order valence-corrected chi connectivity index (χ3v) is 4.47. The monoisotopic (exact) mass is 299 g/mol. The molecule has 0 saturated carbocycles. The van der Waals surface area contributed by atoms with Crippen LogP contribution in [0.25, 0.3) is 5.57 Å². The van der Waals surface area contributed by atoms with Gasteiger partial charge in [-0.2, -0.15) is 0 Å². The van der Waals surface area contributed by atoms with Crippen molar-refractivity contribution in [2.24, 2.45) is 7.05 Å². The molecule has 106 valence electrons. The van der Waals surface area contributed by atoms with E-state index in [4.69, 9.17) is 11.6 Å². The zero-order valence-corrected chi connectivity index (χ0v) is 12.8. The third-order valence-electron chi connectivity index (χ3n) is 4.11. The summed E-state index contributed by atoms with van der Waals surface area (Å²) in [4.78, 5) is 25.1. The SMILES string of the molecule is Cc1cc(C2=C(Cl)C(=O)c3ccccc3C2=O)c(C)n1C. The van der Waals surface area contributed by atoms with Crippen LogP contribution in [0.15, 0.2) is 35.4 Å². The van der Waals surface area contributed by atoms with Crippen LogP contribution >= 0.6 is 11.6 Å². The lowest BCUT2D eigenvalue weighted by molar-refractivity contribution is 0.0998. The lowest BCUT2D eigenvalue weighted by atomic mass is 9.86. The highest BCUT2D eigenvalue weighted by atomic mass is 35.5. The van der Waals surface area contributed by atoms with Crippen molar-refractivity contribution in [2.75, 3.05) is 0 Å². The summed E-state index contributed by atoms with van der Waals surface area (Å²) in [5, 5.41) is 0.00685. The minimum Gasteiger partial charge on any atom is -0.352 e. The molecule has 1 aromatic carbocycles. The van der Waals surface area contributed by atoms with Crippen LogP contribution in [0.2, 0.25) is 0 Å². The van der Waals surface area contributed by atoms with Crippen LogP contribution in [-0.4, -0.2) is 16.1 Å². The summed E-state index contributed by atoms with van der Waals surface area (Å²) in [6, 6.07) is 8.69. The molecule has 2 aromatic rings. The minimum atomic E-state index is -0.289. The number of nitrogens with zero attached hydrogens (tertiary/aromatic N) is 1. The van der Waals surface area contributed by atoms with Crippen LogP contribution in [0.1, 0.15) is 37.7 Å². The Labute approximate surface area is 127 Å². The van der Waals surface area contributed by atoms with Crippen molar-refractivity contribution in [3.63, 3.8) is 0 Å². The molecule has 1 aliphatic rings. The Morgan fingerprint density at radius 1 is 0.952 bits per heavy atom. The van der Waals surface area contributed by atoms with Gasteiger partial charge in [0.1, 0.15) is 5.03 Å². The Kier molecular flexibility index (Phi) is 3.10. The van der Waals surface area contributed by atoms with Gasteiger partial charge in [-0.05, 0) is 19.9 Å². The van der Waals surface area contributed by atoms with Gasteiger partial charge in [0.25, 0.3) is 0 Å². The zero-order valence-electron chi connectivity index (χ0n) is 12.0. The Morgan fingerprint density at radius 2 is 1.52 bits per heavy atom. The summed E-state index contributed by atoms with van der Waals surface area (Å²) >= 11 is 6.22. The lowest BCUT2D eigenvalue weighted by Gasteiger charge is -2.17. The fourth-order valence-electron chi connectivity index (χ4n) is 2.69. The van der Waals surface area contributed by atoms with Crippen molar-refractivity contribution in [3.05, 3.63) is 63.4 Å². The standard InChI is InChI=1S/C17H14ClNO2/c1-9-8-13(10(2)19(9)3)14-15(18)17(21)12-7-5-4-6-11(12)16(14)20/h4-8H,1-3H3. The smallest absolute Gasteiger partial charge is 0.205 e. The molecule has 21 heavy (non-hydrogen) atoms. The number of Topliss-reactive ketones (excluding diaryl/α,β-unsaturated/α-hetero) is 2. The van der Waals surface area contributed by atoms with Crippen LogP contribution in [-0.2, 0) is 7.05 Å². The number of halogens is 1. The first-order chi connectivity index (χ1) is 9.93. The van der Waals surface area contributed by atoms with Crippen LogP contribution in [0.5, 0.6) is 0 Å². The maximum absolute atomic E-state index is 12.7. The summed E-state index contributed by atoms with van der Waals surface area (Å²) in [6.07, 6.45) is 0. The highest BCUT2D eigenvalue weighted by molar-refractivity contribution is 6.56. The molecule has 0 radical (unpaired) electrons. The predicted octanol–water partition coefficient (Wildman–Crippen LogP) is 3.67. The molecule has 0 fully saturated rings. The Hall–Kier alpha value is -2.13. The van der Waals surface area contributed by atoms with Gasteiger partial charge in [-0.3, -0.25) is 9.59 Å². The second kappa shape index (κ2) is 4.71. The van der Waals surface area contributed by atoms with Crippen LogP contribution < -0.4 is 0 Å². The Balaban J connectivity index is 2.28. The van der Waals surface area contributed by atoms with E-state index >= 15 is 0 Å². The van der Waals surface area contributed by atoms with Gasteiger partial charge < -0.3 is 4.57 Å². The molecule has 1 aromatic heterocycles. The second-order valence-corrected chi connectivity index (χ2v) is 5.61. The summed E-state index contributed by atoms with van der Waals surface area (Å²) in [5.41, 5.74) is 3.76. The number of fused-ring (bicyclic) bond motifs is 1. The molecular weight excluding hydrogens is 286 g/mol. The maximum atomic E-state index is 12.7. The normalized spacial score (nSPS) is 14.7. The summed E-state index contributed by atoms with van der Waals surface area (Å²) in [5.74, 6) is -0.480. The first-order valence-corrected chi connectivity index (χ1v) is 7.02. The van der Waals surface area contributed by atoms with Crippen LogP contribution in [0, 0.1) is 13.8 Å². The molecular formula is C17H14ClNO2. The average Bonchev–Trinajstić information content (AvgIpc) is 2.73. The topological polar surface area (TPSA) is 39.1 Å². The molecule has 3 rings (SSSR count). The van der Waals surface area contributed by atoms with Crippen LogP contribution in [0.3, 0.4) is 0 Å². The van der Waals surface area contributed by atoms with E-state index in [-0.39, 0.29) is 16.6 Å². The molecule has 0 saturated heterocycles. The molecule has 3 nitrogen and oxygen atoms in total. The molecule has 1 heterocycles. The summed E-state index contributed by atoms with van der Waals surface area (Å²) < 4.78 is 1.98. The van der Waals surface area contributed by atoms with Crippen molar-refractivity contribution in [2.45, 2.75) is 13.8 Å². The van der Waals surface area contributed by atoms with E-state index in [2.05, 4.69) is 0 Å². The molecule has 0 atom stereocenters. The van der Waals surface area contributed by atoms with Gasteiger partial charge in [-0.25, -0.2) is 0 Å². The Morgan fingerprint density at radius 3 is 2.05 bits per heavy atom. The number of aromatic nitrogens is 1. The van der Waals surface area contributed by atoms with Gasteiger partial charge in [0, 0.05) is 35.1 Å². The summed E-state index contributed by atoms with van der Waals surface area (Å²) in [7, 11) is 1.92. The van der Waals surface area contributed by atoms with Crippen molar-refractivity contribution < 1.29 is 9.59 Å². The van der Waals surface area contributed by atoms with Gasteiger partial charge in [0.2, 0.25) is 5.78 Å². The van der Waals surface area contributed by atoms with E-state index in [0.717, 1.165) is 17.0 Å². The van der Waals surface area contributed by atoms with Crippen molar-refractivity contribution >= 4 is 28.7 Å². The predicted molar refractivity (Wildman–Crippen MR) is 82.8 cm³/mol. The highest BCUT2D eigenvalue weighted by Crippen LogP contribution is 2.36. The molecule has 0 amide bonds. The van der Waals surface area contributed by atoms with E-state index in [1.165, 1.54) is 0 Å². The zero-order chi connectivity index (χ0) is 15.3. The molecule has 0 unspecified atom stereocenters. The number of allylic oxidation sites excluding steroid dienone is 2. The molecule has 0 aliphatic heterocycles. The van der Waals surface area contributed by atoms with Gasteiger partial charge >= 0.3 is 0 Å². The van der Waals surface area contributed by atoms with E-state index in [1.54, 1.807) is 24.3 Å². The fourth-order valence-corrected chi connectivity index (χ4v) is 2.98. The van der Waals surface area contributed by atoms with E-state index in [9.17, 15) is 9.59 Å². The minimum absolute atomic E-state index is 0.00685. The Bertz CT molecular complexity index is 827. The van der Waals surface area contributed by atoms with Crippen molar-refractivity contribution in [1.29, 1.82) is 0 Å². The fraction of sp³-hybridized carbons (Fsp3) is 0.176. The van der Waals surface area contributed by atoms with Crippen molar-refractivity contribution in [3.8, 4) is 0 Å². The number of benzene rings is 1. The number of hydrogen-bond donors (Lipinski definition) is 0. The molecule has 0 N–H and O–H groups in total. The number of carbonyl (C=O) groups excluding carboxylic acids is 2. The van der Waals surface area contributed by atoms with Crippen LogP contribution in [0.4, 0.5) is 0 Å². The second-order valence-electron chi connectivity index (χ2n) is 5.24. The first kappa shape index (κ1) is 13.8. The first-order valence-electron chi connectivity index (χ1n) is 6.65. The number of carbonyl (C=O) groups is 2. The van der Waals surface area contributed by atoms with Gasteiger partial charge in [0.15, 0.2) is 5.78 Å². The average molecular weight is 300 g/mol. The van der Waals surface area contributed by atoms with E-state index in [1.807, 2.05) is 31.5 Å². The molecule has 1 aliphatic carbocycles. The van der Waals surface area contributed by atoms with Gasteiger partial charge in [0.05, 0.1) is 5.57 Å². The van der Waals surface area contributed by atoms with Gasteiger partial charge in [-0.15, -0.1) is 0 Å². The number of aryl methyl sites for hydroxylation is 1. The summed E-state index contributed by atoms with van der Waals surface area (Å²) in [6.45, 7) is 3.87. The largest absolute Gasteiger partial charge is 0.352 e. The van der Waals surface area contributed by atoms with E-state index in [0.29, 0.717) is 16.7 Å². The van der Waals surface area contributed by atoms with Crippen molar-refractivity contribution in [1.82, 2.24) is 4.57 Å².